The molecule has 3 aromatic rings. The summed E-state index contributed by atoms with van der Waals surface area (Å²) in [7, 11) is -3.03. The molecule has 8 nitrogen and oxygen atoms in total. The molecule has 0 bridgehead atoms. The Balaban J connectivity index is 1.48. The Morgan fingerprint density at radius 2 is 1.88 bits per heavy atom. The van der Waals surface area contributed by atoms with E-state index in [-0.39, 0.29) is 30.7 Å². The number of ether oxygens (including phenoxy) is 2. The van der Waals surface area contributed by atoms with Crippen LogP contribution in [0.5, 0.6) is 11.8 Å². The lowest BCUT2D eigenvalue weighted by Crippen LogP contribution is -2.10. The molecule has 9 heteroatoms. The molecule has 0 saturated heterocycles. The minimum Gasteiger partial charge on any atom is -0.489 e. The first-order chi connectivity index (χ1) is 19.1. The summed E-state index contributed by atoms with van der Waals surface area (Å²) in [5.74, 6) is 5.29. The minimum atomic E-state index is -3.03. The molecule has 1 aromatic heterocycles. The van der Waals surface area contributed by atoms with Crippen molar-refractivity contribution in [3.8, 4) is 34.7 Å². The highest BCUT2D eigenvalue weighted by molar-refractivity contribution is 7.90. The van der Waals surface area contributed by atoms with Gasteiger partial charge in [0.2, 0.25) is 0 Å². The molecule has 1 atom stereocenters. The van der Waals surface area contributed by atoms with Gasteiger partial charge in [0.15, 0.2) is 0 Å². The Kier molecular flexibility index (Phi) is 9.43. The number of rotatable bonds is 11. The second kappa shape index (κ2) is 13.0. The van der Waals surface area contributed by atoms with Crippen molar-refractivity contribution in [2.75, 3.05) is 18.6 Å². The predicted octanol–water partition coefficient (Wildman–Crippen LogP) is 4.91. The van der Waals surface area contributed by atoms with Crippen molar-refractivity contribution in [1.82, 2.24) is 9.97 Å². The summed E-state index contributed by atoms with van der Waals surface area (Å²) in [6.07, 6.45) is 4.25. The van der Waals surface area contributed by atoms with E-state index in [1.54, 1.807) is 6.92 Å². The number of carbonyl (C=O) groups is 1. The number of sulfone groups is 1. The first-order valence-electron chi connectivity index (χ1n) is 13.3. The third kappa shape index (κ3) is 7.82. The van der Waals surface area contributed by atoms with E-state index in [4.69, 9.17) is 9.47 Å². The number of nitrogens with zero attached hydrogens (tertiary/aromatic N) is 2. The number of benzene rings is 2. The average molecular weight is 563 g/mol. The number of aliphatic carboxylic acids is 1. The van der Waals surface area contributed by atoms with E-state index in [0.29, 0.717) is 18.8 Å². The van der Waals surface area contributed by atoms with Crippen LogP contribution >= 0.6 is 0 Å². The highest BCUT2D eigenvalue weighted by Crippen LogP contribution is 2.35. The summed E-state index contributed by atoms with van der Waals surface area (Å²) in [4.78, 5) is 20.4. The van der Waals surface area contributed by atoms with Crippen LogP contribution in [0.4, 0.5) is 0 Å². The molecule has 0 radical (unpaired) electrons. The van der Waals surface area contributed by atoms with Gasteiger partial charge in [-0.15, -0.1) is 5.92 Å². The van der Waals surface area contributed by atoms with Crippen molar-refractivity contribution < 1.29 is 27.8 Å². The standard InChI is InChI=1S/C31H34N2O6S/c1-4-7-25(19-29(34)35)23-12-14-26(15-13-23)39-20-22-10-11-24-8-5-9-28-30(27(24)18-22)21(2)32-31(33-28)38-16-6-17-40(3,36)37/h10-15,18,25H,5-6,8-9,16-17,19-20H2,1-3H3,(H,34,35). The van der Waals surface area contributed by atoms with E-state index in [1.807, 2.05) is 31.2 Å². The van der Waals surface area contributed by atoms with Crippen LogP contribution in [0, 0.1) is 18.8 Å². The summed E-state index contributed by atoms with van der Waals surface area (Å²) < 4.78 is 34.5. The van der Waals surface area contributed by atoms with Gasteiger partial charge in [-0.3, -0.25) is 4.79 Å². The molecule has 40 heavy (non-hydrogen) atoms. The highest BCUT2D eigenvalue weighted by atomic mass is 32.2. The maximum absolute atomic E-state index is 11.4. The van der Waals surface area contributed by atoms with Crippen LogP contribution in [0.15, 0.2) is 42.5 Å². The summed E-state index contributed by atoms with van der Waals surface area (Å²) in [6.45, 7) is 4.27. The van der Waals surface area contributed by atoms with E-state index in [0.717, 1.165) is 52.9 Å². The van der Waals surface area contributed by atoms with Crippen molar-refractivity contribution in [3.05, 3.63) is 70.5 Å². The molecule has 0 fully saturated rings. The zero-order valence-electron chi connectivity index (χ0n) is 23.1. The van der Waals surface area contributed by atoms with E-state index in [2.05, 4.69) is 40.0 Å². The van der Waals surface area contributed by atoms with Crippen LogP contribution in [0.25, 0.3) is 11.1 Å². The van der Waals surface area contributed by atoms with Gasteiger partial charge in [0.05, 0.1) is 36.1 Å². The van der Waals surface area contributed by atoms with Crippen LogP contribution in [0.2, 0.25) is 0 Å². The molecule has 1 N–H and O–H groups in total. The zero-order valence-corrected chi connectivity index (χ0v) is 23.9. The summed E-state index contributed by atoms with van der Waals surface area (Å²) in [5, 5.41) is 9.17. The lowest BCUT2D eigenvalue weighted by molar-refractivity contribution is -0.137. The Bertz CT molecular complexity index is 1540. The third-order valence-electron chi connectivity index (χ3n) is 6.72. The van der Waals surface area contributed by atoms with Crippen molar-refractivity contribution in [2.45, 2.75) is 58.5 Å². The highest BCUT2D eigenvalue weighted by Gasteiger charge is 2.21. The van der Waals surface area contributed by atoms with Crippen LogP contribution in [-0.2, 0) is 34.1 Å². The van der Waals surface area contributed by atoms with Gasteiger partial charge < -0.3 is 14.6 Å². The minimum absolute atomic E-state index is 0.0441. The quantitative estimate of drug-likeness (QED) is 0.259. The molecule has 1 aliphatic carbocycles. The van der Waals surface area contributed by atoms with Crippen molar-refractivity contribution in [2.24, 2.45) is 0 Å². The largest absolute Gasteiger partial charge is 0.489 e. The van der Waals surface area contributed by atoms with Crippen molar-refractivity contribution >= 4 is 15.8 Å². The maximum Gasteiger partial charge on any atom is 0.316 e. The van der Waals surface area contributed by atoms with Gasteiger partial charge in [-0.05, 0) is 80.0 Å². The predicted molar refractivity (Wildman–Crippen MR) is 153 cm³/mol. The van der Waals surface area contributed by atoms with Gasteiger partial charge in [0, 0.05) is 11.8 Å². The van der Waals surface area contributed by atoms with Gasteiger partial charge in [0.25, 0.3) is 0 Å². The average Bonchev–Trinajstić information content (AvgIpc) is 3.08. The number of fused-ring (bicyclic) bond motifs is 3. The van der Waals surface area contributed by atoms with Gasteiger partial charge >= 0.3 is 12.0 Å². The maximum atomic E-state index is 11.4. The first-order valence-corrected chi connectivity index (χ1v) is 15.4. The van der Waals surface area contributed by atoms with Crippen molar-refractivity contribution in [1.29, 1.82) is 0 Å². The van der Waals surface area contributed by atoms with Gasteiger partial charge in [-0.25, -0.2) is 8.42 Å². The third-order valence-corrected chi connectivity index (χ3v) is 7.75. The van der Waals surface area contributed by atoms with Crippen LogP contribution in [-0.4, -0.2) is 48.1 Å². The van der Waals surface area contributed by atoms with Gasteiger partial charge in [-0.1, -0.05) is 30.2 Å². The summed E-state index contributed by atoms with van der Waals surface area (Å²) >= 11 is 0. The fourth-order valence-electron chi connectivity index (χ4n) is 4.86. The van der Waals surface area contributed by atoms with Gasteiger partial charge in [-0.2, -0.15) is 9.97 Å². The van der Waals surface area contributed by atoms with Crippen LogP contribution in [0.1, 0.15) is 60.2 Å². The number of hydrogen-bond acceptors (Lipinski definition) is 7. The molecular formula is C31H34N2O6S. The van der Waals surface area contributed by atoms with E-state index >= 15 is 0 Å². The topological polar surface area (TPSA) is 116 Å². The normalized spacial score (nSPS) is 13.2. The number of carboxylic acids is 1. The van der Waals surface area contributed by atoms with Gasteiger partial charge in [0.1, 0.15) is 22.2 Å². The van der Waals surface area contributed by atoms with E-state index < -0.39 is 15.8 Å². The fourth-order valence-corrected chi connectivity index (χ4v) is 5.50. The SMILES string of the molecule is CC#CC(CC(=O)O)c1ccc(OCc2ccc3c(c2)-c2c(C)nc(OCCCS(C)(=O)=O)nc2CCC3)cc1. The van der Waals surface area contributed by atoms with Crippen LogP contribution < -0.4 is 9.47 Å². The lowest BCUT2D eigenvalue weighted by atomic mass is 9.95. The van der Waals surface area contributed by atoms with Crippen molar-refractivity contribution in [3.63, 3.8) is 0 Å². The second-order valence-corrected chi connectivity index (χ2v) is 12.3. The second-order valence-electron chi connectivity index (χ2n) is 9.99. The first kappa shape index (κ1) is 29.1. The number of carboxylic acid groups (broad SMARTS) is 1. The molecule has 0 aliphatic heterocycles. The Hall–Kier alpha value is -3.90. The fraction of sp³-hybridized carbons (Fsp3) is 0.387. The Morgan fingerprint density at radius 1 is 1.10 bits per heavy atom. The molecular weight excluding hydrogens is 528 g/mol. The monoisotopic (exact) mass is 562 g/mol. The molecule has 2 aromatic carbocycles. The molecule has 1 aliphatic rings. The van der Waals surface area contributed by atoms with Crippen LogP contribution in [0.3, 0.4) is 0 Å². The molecule has 1 heterocycles. The Morgan fingerprint density at radius 3 is 2.58 bits per heavy atom. The molecule has 4 rings (SSSR count). The molecule has 0 saturated carbocycles. The summed E-state index contributed by atoms with van der Waals surface area (Å²) in [6, 6.07) is 14.0. The van der Waals surface area contributed by atoms with E-state index in [1.165, 1.54) is 11.8 Å². The molecule has 0 amide bonds. The number of aryl methyl sites for hydroxylation is 3. The lowest BCUT2D eigenvalue weighted by Gasteiger charge is -2.15. The summed E-state index contributed by atoms with van der Waals surface area (Å²) in [5.41, 5.74) is 6.97. The number of hydrogen-bond donors (Lipinski definition) is 1. The molecule has 210 valence electrons. The molecule has 1 unspecified atom stereocenters. The van der Waals surface area contributed by atoms with E-state index in [9.17, 15) is 18.3 Å². The zero-order chi connectivity index (χ0) is 28.7. The smallest absolute Gasteiger partial charge is 0.316 e. The Labute approximate surface area is 235 Å². The number of aromatic nitrogens is 2. The molecule has 0 spiro atoms.